The van der Waals surface area contributed by atoms with E-state index in [0.717, 1.165) is 36.8 Å². The van der Waals surface area contributed by atoms with Gasteiger partial charge in [0.05, 0.1) is 13.7 Å². The quantitative estimate of drug-likeness (QED) is 0.318. The standard InChI is InChI=1S/C16H27N3O2.HI/c1-6-21-15-12-13(9-10-14(15)20-5)8-7-11-18-16(17-2)19(3)4;/h9-10,12H,6-8,11H2,1-5H3,(H,17,18);1H. The molecule has 0 atom stereocenters. The van der Waals surface area contributed by atoms with Crippen LogP contribution >= 0.6 is 24.0 Å². The normalized spacial score (nSPS) is 10.7. The number of hydrogen-bond donors (Lipinski definition) is 1. The smallest absolute Gasteiger partial charge is 0.193 e. The summed E-state index contributed by atoms with van der Waals surface area (Å²) in [5.74, 6) is 2.50. The van der Waals surface area contributed by atoms with Crippen LogP contribution in [0.25, 0.3) is 0 Å². The lowest BCUT2D eigenvalue weighted by Gasteiger charge is -2.16. The van der Waals surface area contributed by atoms with Crippen LogP contribution in [0.3, 0.4) is 0 Å². The van der Waals surface area contributed by atoms with Gasteiger partial charge >= 0.3 is 0 Å². The number of guanidine groups is 1. The molecule has 0 fully saturated rings. The molecule has 126 valence electrons. The van der Waals surface area contributed by atoms with Gasteiger partial charge in [-0.2, -0.15) is 0 Å². The van der Waals surface area contributed by atoms with Crippen LogP contribution in [0.2, 0.25) is 0 Å². The van der Waals surface area contributed by atoms with E-state index in [1.165, 1.54) is 5.56 Å². The maximum absolute atomic E-state index is 5.60. The highest BCUT2D eigenvalue weighted by molar-refractivity contribution is 14.0. The fourth-order valence-electron chi connectivity index (χ4n) is 2.07. The number of rotatable bonds is 7. The first kappa shape index (κ1) is 20.8. The predicted molar refractivity (Wildman–Crippen MR) is 103 cm³/mol. The van der Waals surface area contributed by atoms with Crippen molar-refractivity contribution in [3.63, 3.8) is 0 Å². The molecule has 1 aromatic rings. The summed E-state index contributed by atoms with van der Waals surface area (Å²) in [7, 11) is 7.41. The van der Waals surface area contributed by atoms with Crippen LogP contribution in [-0.4, -0.2) is 52.3 Å². The van der Waals surface area contributed by atoms with Crippen LogP contribution in [0.5, 0.6) is 11.5 Å². The molecule has 0 saturated heterocycles. The molecule has 1 rings (SSSR count). The van der Waals surface area contributed by atoms with Crippen molar-refractivity contribution in [2.24, 2.45) is 4.99 Å². The summed E-state index contributed by atoms with van der Waals surface area (Å²) < 4.78 is 10.9. The van der Waals surface area contributed by atoms with E-state index < -0.39 is 0 Å². The summed E-state index contributed by atoms with van der Waals surface area (Å²) in [6.07, 6.45) is 2.02. The minimum Gasteiger partial charge on any atom is -0.493 e. The Morgan fingerprint density at radius 3 is 2.55 bits per heavy atom. The third kappa shape index (κ3) is 6.72. The monoisotopic (exact) mass is 421 g/mol. The second-order valence-corrected chi connectivity index (χ2v) is 4.89. The predicted octanol–water partition coefficient (Wildman–Crippen LogP) is 2.78. The molecule has 0 heterocycles. The maximum atomic E-state index is 5.60. The minimum atomic E-state index is 0. The zero-order chi connectivity index (χ0) is 15.7. The van der Waals surface area contributed by atoms with Crippen molar-refractivity contribution in [1.82, 2.24) is 10.2 Å². The molecular formula is C16H28IN3O2. The summed E-state index contributed by atoms with van der Waals surface area (Å²) in [5, 5.41) is 3.32. The molecule has 1 aromatic carbocycles. The van der Waals surface area contributed by atoms with Crippen molar-refractivity contribution in [3.8, 4) is 11.5 Å². The summed E-state index contributed by atoms with van der Waals surface area (Å²) >= 11 is 0. The molecule has 0 amide bonds. The Kier molecular flexibility index (Phi) is 10.8. The minimum absolute atomic E-state index is 0. The number of hydrogen-bond acceptors (Lipinski definition) is 3. The number of ether oxygens (including phenoxy) is 2. The summed E-state index contributed by atoms with van der Waals surface area (Å²) in [5.41, 5.74) is 1.25. The number of halogens is 1. The van der Waals surface area contributed by atoms with Gasteiger partial charge in [-0.15, -0.1) is 24.0 Å². The van der Waals surface area contributed by atoms with Crippen molar-refractivity contribution in [2.75, 3.05) is 41.4 Å². The number of nitrogens with one attached hydrogen (secondary N) is 1. The van der Waals surface area contributed by atoms with E-state index in [4.69, 9.17) is 9.47 Å². The fourth-order valence-corrected chi connectivity index (χ4v) is 2.07. The van der Waals surface area contributed by atoms with Gasteiger partial charge in [0.15, 0.2) is 17.5 Å². The molecule has 0 aliphatic heterocycles. The Balaban J connectivity index is 0.00000441. The van der Waals surface area contributed by atoms with E-state index in [9.17, 15) is 0 Å². The summed E-state index contributed by atoms with van der Waals surface area (Å²) in [4.78, 5) is 6.16. The van der Waals surface area contributed by atoms with Crippen molar-refractivity contribution >= 4 is 29.9 Å². The lowest BCUT2D eigenvalue weighted by Crippen LogP contribution is -2.36. The molecule has 0 bridgehead atoms. The molecule has 1 N–H and O–H groups in total. The molecule has 5 nitrogen and oxygen atoms in total. The second kappa shape index (κ2) is 11.4. The maximum Gasteiger partial charge on any atom is 0.193 e. The van der Waals surface area contributed by atoms with E-state index in [-0.39, 0.29) is 24.0 Å². The highest BCUT2D eigenvalue weighted by Crippen LogP contribution is 2.28. The van der Waals surface area contributed by atoms with Gasteiger partial charge in [0.25, 0.3) is 0 Å². The first-order valence-corrected chi connectivity index (χ1v) is 7.30. The van der Waals surface area contributed by atoms with Gasteiger partial charge in [-0.05, 0) is 37.5 Å². The number of benzene rings is 1. The lowest BCUT2D eigenvalue weighted by atomic mass is 10.1. The van der Waals surface area contributed by atoms with E-state index in [1.807, 2.05) is 32.0 Å². The SMILES string of the molecule is CCOc1cc(CCCNC(=NC)N(C)C)ccc1OC.I. The molecule has 22 heavy (non-hydrogen) atoms. The van der Waals surface area contributed by atoms with Crippen LogP contribution in [0, 0.1) is 0 Å². The van der Waals surface area contributed by atoms with Crippen LogP contribution in [0.4, 0.5) is 0 Å². The Labute approximate surface area is 151 Å². The van der Waals surface area contributed by atoms with E-state index >= 15 is 0 Å². The number of aliphatic imine (C=N–C) groups is 1. The molecule has 0 radical (unpaired) electrons. The van der Waals surface area contributed by atoms with Gasteiger partial charge in [0.2, 0.25) is 0 Å². The largest absolute Gasteiger partial charge is 0.493 e. The third-order valence-electron chi connectivity index (χ3n) is 3.09. The molecule has 6 heteroatoms. The van der Waals surface area contributed by atoms with Gasteiger partial charge in [0.1, 0.15) is 0 Å². The molecule has 0 aromatic heterocycles. The summed E-state index contributed by atoms with van der Waals surface area (Å²) in [6, 6.07) is 6.11. The van der Waals surface area contributed by atoms with Crippen LogP contribution in [0.1, 0.15) is 18.9 Å². The van der Waals surface area contributed by atoms with Gasteiger partial charge in [-0.1, -0.05) is 6.07 Å². The molecule has 0 saturated carbocycles. The van der Waals surface area contributed by atoms with Crippen molar-refractivity contribution in [3.05, 3.63) is 23.8 Å². The molecule has 0 aliphatic carbocycles. The van der Waals surface area contributed by atoms with Crippen LogP contribution in [-0.2, 0) is 6.42 Å². The van der Waals surface area contributed by atoms with Crippen molar-refractivity contribution in [2.45, 2.75) is 19.8 Å². The first-order valence-electron chi connectivity index (χ1n) is 7.30. The first-order chi connectivity index (χ1) is 10.1. The van der Waals surface area contributed by atoms with E-state index in [1.54, 1.807) is 14.2 Å². The fraction of sp³-hybridized carbons (Fsp3) is 0.562. The highest BCUT2D eigenvalue weighted by atomic mass is 127. The summed E-state index contributed by atoms with van der Waals surface area (Å²) in [6.45, 7) is 3.50. The Bertz CT molecular complexity index is 465. The van der Waals surface area contributed by atoms with Crippen molar-refractivity contribution in [1.29, 1.82) is 0 Å². The van der Waals surface area contributed by atoms with Crippen molar-refractivity contribution < 1.29 is 9.47 Å². The lowest BCUT2D eigenvalue weighted by molar-refractivity contribution is 0.310. The number of aryl methyl sites for hydroxylation is 1. The molecule has 0 aliphatic rings. The second-order valence-electron chi connectivity index (χ2n) is 4.89. The average Bonchev–Trinajstić information content (AvgIpc) is 2.47. The molecule has 0 spiro atoms. The zero-order valence-corrected chi connectivity index (χ0v) is 16.5. The Morgan fingerprint density at radius 1 is 1.27 bits per heavy atom. The number of nitrogens with zero attached hydrogens (tertiary/aromatic N) is 2. The van der Waals surface area contributed by atoms with Gasteiger partial charge in [-0.3, -0.25) is 4.99 Å². The Hall–Kier alpha value is -1.18. The van der Waals surface area contributed by atoms with Gasteiger partial charge in [0, 0.05) is 27.7 Å². The Morgan fingerprint density at radius 2 is 2.00 bits per heavy atom. The van der Waals surface area contributed by atoms with Gasteiger partial charge in [-0.25, -0.2) is 0 Å². The number of methoxy groups -OCH3 is 1. The molecular weight excluding hydrogens is 393 g/mol. The topological polar surface area (TPSA) is 46.1 Å². The van der Waals surface area contributed by atoms with Crippen LogP contribution < -0.4 is 14.8 Å². The molecule has 0 unspecified atom stereocenters. The van der Waals surface area contributed by atoms with E-state index in [2.05, 4.69) is 22.4 Å². The van der Waals surface area contributed by atoms with E-state index in [0.29, 0.717) is 6.61 Å². The zero-order valence-electron chi connectivity index (χ0n) is 14.2. The highest BCUT2D eigenvalue weighted by Gasteiger charge is 2.05. The average molecular weight is 421 g/mol. The van der Waals surface area contributed by atoms with Crippen LogP contribution in [0.15, 0.2) is 23.2 Å². The third-order valence-corrected chi connectivity index (χ3v) is 3.09. The van der Waals surface area contributed by atoms with Gasteiger partial charge < -0.3 is 19.7 Å².